The van der Waals surface area contributed by atoms with E-state index in [4.69, 9.17) is 9.84 Å². The summed E-state index contributed by atoms with van der Waals surface area (Å²) in [5, 5.41) is 40.8. The van der Waals surface area contributed by atoms with Crippen LogP contribution in [0, 0.1) is 0 Å². The number of benzene rings is 2. The summed E-state index contributed by atoms with van der Waals surface area (Å²) >= 11 is 0. The van der Waals surface area contributed by atoms with Gasteiger partial charge in [-0.05, 0) is 29.3 Å². The second-order valence-electron chi connectivity index (χ2n) is 5.87. The Morgan fingerprint density at radius 2 is 1.64 bits per heavy atom. The van der Waals surface area contributed by atoms with Gasteiger partial charge in [-0.25, -0.2) is 14.4 Å². The van der Waals surface area contributed by atoms with E-state index in [0.29, 0.717) is 0 Å². The number of carbonyl (C=O) groups excluding carboxylic acids is 1. The lowest BCUT2D eigenvalue weighted by atomic mass is 9.96. The summed E-state index contributed by atoms with van der Waals surface area (Å²) in [5.41, 5.74) is -0.126. The van der Waals surface area contributed by atoms with Gasteiger partial charge in [0, 0.05) is 6.54 Å². The van der Waals surface area contributed by atoms with E-state index in [-0.39, 0.29) is 23.3 Å². The van der Waals surface area contributed by atoms with Gasteiger partial charge < -0.3 is 30.5 Å². The van der Waals surface area contributed by atoms with Gasteiger partial charge in [-0.3, -0.25) is 0 Å². The third-order valence-electron chi connectivity index (χ3n) is 3.88. The highest BCUT2D eigenvalue weighted by Crippen LogP contribution is 2.23. The summed E-state index contributed by atoms with van der Waals surface area (Å²) in [6.45, 7) is -0.430. The zero-order chi connectivity index (χ0) is 20.7. The van der Waals surface area contributed by atoms with Gasteiger partial charge in [0.25, 0.3) is 0 Å². The van der Waals surface area contributed by atoms with Gasteiger partial charge in [0.15, 0.2) is 0 Å². The number of amides is 1. The molecule has 0 aliphatic rings. The molecule has 0 radical (unpaired) electrons. The van der Waals surface area contributed by atoms with Crippen molar-refractivity contribution in [1.29, 1.82) is 0 Å². The Hall–Kier alpha value is -3.43. The van der Waals surface area contributed by atoms with Gasteiger partial charge >= 0.3 is 18.0 Å². The van der Waals surface area contributed by atoms with Gasteiger partial charge in [-0.1, -0.05) is 30.3 Å². The van der Waals surface area contributed by atoms with Crippen molar-refractivity contribution in [2.24, 2.45) is 0 Å². The van der Waals surface area contributed by atoms with Crippen LogP contribution in [0.4, 0.5) is 4.79 Å². The fourth-order valence-electron chi connectivity index (χ4n) is 2.42. The van der Waals surface area contributed by atoms with E-state index < -0.39 is 36.8 Å². The molecule has 0 saturated heterocycles. The van der Waals surface area contributed by atoms with Crippen molar-refractivity contribution >= 4 is 18.0 Å². The maximum absolute atomic E-state index is 11.7. The number of carboxylic acids is 2. The zero-order valence-corrected chi connectivity index (χ0v) is 14.6. The quantitative estimate of drug-likeness (QED) is 0.454. The van der Waals surface area contributed by atoms with Gasteiger partial charge in [0.2, 0.25) is 0 Å². The molecule has 0 aromatic heterocycles. The molecule has 0 spiro atoms. The summed E-state index contributed by atoms with van der Waals surface area (Å²) in [7, 11) is 0. The minimum Gasteiger partial charge on any atom is -0.478 e. The molecule has 0 fully saturated rings. The van der Waals surface area contributed by atoms with Crippen molar-refractivity contribution in [3.63, 3.8) is 0 Å². The topological polar surface area (TPSA) is 153 Å². The first-order valence-electron chi connectivity index (χ1n) is 8.20. The van der Waals surface area contributed by atoms with Crippen molar-refractivity contribution < 1.29 is 39.5 Å². The molecule has 28 heavy (non-hydrogen) atoms. The highest BCUT2D eigenvalue weighted by molar-refractivity contribution is 5.93. The number of rotatable bonds is 8. The van der Waals surface area contributed by atoms with Crippen molar-refractivity contribution in [3.05, 3.63) is 70.8 Å². The second-order valence-corrected chi connectivity index (χ2v) is 5.87. The van der Waals surface area contributed by atoms with Crippen LogP contribution in [-0.4, -0.2) is 51.1 Å². The summed E-state index contributed by atoms with van der Waals surface area (Å²) in [5.74, 6) is -2.71. The molecule has 0 aliphatic heterocycles. The molecule has 9 heteroatoms. The van der Waals surface area contributed by atoms with Crippen LogP contribution in [0.2, 0.25) is 0 Å². The van der Waals surface area contributed by atoms with E-state index >= 15 is 0 Å². The Kier molecular flexibility index (Phi) is 7.08. The first kappa shape index (κ1) is 20.9. The first-order chi connectivity index (χ1) is 13.3. The number of alkyl carbamates (subject to hydrolysis) is 1. The van der Waals surface area contributed by atoms with Crippen LogP contribution in [0.3, 0.4) is 0 Å². The minimum absolute atomic E-state index is 0.00907. The summed E-state index contributed by atoms with van der Waals surface area (Å²) in [4.78, 5) is 34.1. The van der Waals surface area contributed by atoms with Crippen molar-refractivity contribution in [3.8, 4) is 0 Å². The zero-order valence-electron chi connectivity index (χ0n) is 14.6. The van der Waals surface area contributed by atoms with Crippen LogP contribution in [0.25, 0.3) is 0 Å². The average Bonchev–Trinajstić information content (AvgIpc) is 2.70. The predicted octanol–water partition coefficient (Wildman–Crippen LogP) is 1.40. The van der Waals surface area contributed by atoms with Gasteiger partial charge in [-0.2, -0.15) is 0 Å². The smallest absolute Gasteiger partial charge is 0.407 e. The maximum Gasteiger partial charge on any atom is 0.407 e. The van der Waals surface area contributed by atoms with E-state index in [9.17, 15) is 29.7 Å². The Balaban J connectivity index is 1.99. The van der Waals surface area contributed by atoms with Crippen LogP contribution >= 0.6 is 0 Å². The molecular formula is C19H19NO8. The number of carboxylic acid groups (broad SMARTS) is 2. The Bertz CT molecular complexity index is 852. The number of carbonyl (C=O) groups is 3. The maximum atomic E-state index is 11.7. The molecule has 5 N–H and O–H groups in total. The van der Waals surface area contributed by atoms with E-state index in [1.807, 2.05) is 6.07 Å². The van der Waals surface area contributed by atoms with Gasteiger partial charge in [-0.15, -0.1) is 0 Å². The Morgan fingerprint density at radius 3 is 2.25 bits per heavy atom. The van der Waals surface area contributed by atoms with Crippen LogP contribution in [0.15, 0.2) is 48.5 Å². The number of hydrogen-bond acceptors (Lipinski definition) is 6. The first-order valence-corrected chi connectivity index (χ1v) is 8.20. The summed E-state index contributed by atoms with van der Waals surface area (Å²) in [6, 6.07) is 12.0. The fourth-order valence-corrected chi connectivity index (χ4v) is 2.42. The number of hydrogen-bond donors (Lipinski definition) is 5. The molecule has 1 amide bonds. The van der Waals surface area contributed by atoms with E-state index in [1.54, 1.807) is 24.3 Å². The molecule has 2 aromatic rings. The largest absolute Gasteiger partial charge is 0.478 e. The van der Waals surface area contributed by atoms with Crippen molar-refractivity contribution in [2.45, 2.75) is 18.8 Å². The lowest BCUT2D eigenvalue weighted by Crippen LogP contribution is -2.36. The number of aliphatic hydroxyl groups is 2. The molecule has 2 unspecified atom stereocenters. The number of aliphatic hydroxyl groups excluding tert-OH is 2. The van der Waals surface area contributed by atoms with Crippen LogP contribution in [0.1, 0.15) is 37.9 Å². The van der Waals surface area contributed by atoms with Crippen LogP contribution < -0.4 is 5.32 Å². The van der Waals surface area contributed by atoms with Crippen molar-refractivity contribution in [1.82, 2.24) is 5.32 Å². The van der Waals surface area contributed by atoms with Crippen LogP contribution in [0.5, 0.6) is 0 Å². The van der Waals surface area contributed by atoms with Gasteiger partial charge in [0.1, 0.15) is 18.8 Å². The molecule has 0 saturated carbocycles. The molecule has 0 aliphatic carbocycles. The standard InChI is InChI=1S/C19H19NO8/c21-15(9-20-19(27)28-10-11-4-2-1-3-5-11)16(22)14-8-12(17(23)24)6-7-13(14)18(25)26/h1-8,15-16,21-22H,9-10H2,(H,20,27)(H,23,24)(H,25,26). The molecule has 2 rings (SSSR count). The minimum atomic E-state index is -1.74. The molecule has 2 atom stereocenters. The fraction of sp³-hybridized carbons (Fsp3) is 0.211. The summed E-state index contributed by atoms with van der Waals surface area (Å²) < 4.78 is 4.96. The number of nitrogens with one attached hydrogen (secondary N) is 1. The van der Waals surface area contributed by atoms with E-state index in [2.05, 4.69) is 5.32 Å². The average molecular weight is 389 g/mol. The normalized spacial score (nSPS) is 12.6. The van der Waals surface area contributed by atoms with E-state index in [1.165, 1.54) is 0 Å². The molecular weight excluding hydrogens is 370 g/mol. The monoisotopic (exact) mass is 389 g/mol. The molecule has 9 nitrogen and oxygen atoms in total. The third kappa shape index (κ3) is 5.53. The lowest BCUT2D eigenvalue weighted by Gasteiger charge is -2.20. The predicted molar refractivity (Wildman–Crippen MR) is 96.0 cm³/mol. The summed E-state index contributed by atoms with van der Waals surface area (Å²) in [6.07, 6.45) is -4.17. The third-order valence-corrected chi connectivity index (χ3v) is 3.88. The highest BCUT2D eigenvalue weighted by atomic mass is 16.5. The highest BCUT2D eigenvalue weighted by Gasteiger charge is 2.25. The molecule has 0 heterocycles. The van der Waals surface area contributed by atoms with Crippen LogP contribution in [-0.2, 0) is 11.3 Å². The Morgan fingerprint density at radius 1 is 0.964 bits per heavy atom. The van der Waals surface area contributed by atoms with Crippen molar-refractivity contribution in [2.75, 3.05) is 6.54 Å². The molecule has 2 aromatic carbocycles. The Labute approximate surface area is 159 Å². The van der Waals surface area contributed by atoms with Gasteiger partial charge in [0.05, 0.1) is 11.1 Å². The second kappa shape index (κ2) is 9.49. The molecule has 0 bridgehead atoms. The number of aromatic carboxylic acids is 2. The lowest BCUT2D eigenvalue weighted by molar-refractivity contribution is 0.0173. The number of ether oxygens (including phenoxy) is 1. The van der Waals surface area contributed by atoms with E-state index in [0.717, 1.165) is 23.8 Å². The SMILES string of the molecule is O=C(NCC(O)C(O)c1cc(C(=O)O)ccc1C(=O)O)OCc1ccccc1. The molecule has 148 valence electrons.